The molecule has 1 aromatic heterocycles. The summed E-state index contributed by atoms with van der Waals surface area (Å²) in [5.41, 5.74) is 2.69. The quantitative estimate of drug-likeness (QED) is 0.669. The second-order valence-electron chi connectivity index (χ2n) is 5.95. The predicted molar refractivity (Wildman–Crippen MR) is 83.4 cm³/mol. The number of aliphatic hydroxyl groups is 1. The average molecular weight is 291 g/mol. The SMILES string of the molecule is COC(=O)c1ccc2[nH]c([Si](C)(C)C)c(CCO)c2c1. The van der Waals surface area contributed by atoms with Gasteiger partial charge in [-0.15, -0.1) is 0 Å². The number of hydrogen-bond donors (Lipinski definition) is 2. The zero-order chi connectivity index (χ0) is 14.9. The Morgan fingerprint density at radius 3 is 2.60 bits per heavy atom. The van der Waals surface area contributed by atoms with Gasteiger partial charge in [-0.25, -0.2) is 4.79 Å². The van der Waals surface area contributed by atoms with Crippen molar-refractivity contribution in [1.29, 1.82) is 0 Å². The number of aliphatic hydroxyl groups excluding tert-OH is 1. The van der Waals surface area contributed by atoms with E-state index >= 15 is 0 Å². The molecule has 0 radical (unpaired) electrons. The molecule has 0 spiro atoms. The van der Waals surface area contributed by atoms with Gasteiger partial charge in [0, 0.05) is 22.8 Å². The maximum atomic E-state index is 11.7. The minimum atomic E-state index is -1.53. The molecule has 2 N–H and O–H groups in total. The van der Waals surface area contributed by atoms with Crippen LogP contribution in [0.15, 0.2) is 18.2 Å². The van der Waals surface area contributed by atoms with Crippen molar-refractivity contribution >= 4 is 30.3 Å². The summed E-state index contributed by atoms with van der Waals surface area (Å²) in [6.45, 7) is 6.90. The third-order valence-corrected chi connectivity index (χ3v) is 5.37. The molecule has 0 saturated carbocycles. The van der Waals surface area contributed by atoms with E-state index in [4.69, 9.17) is 4.74 Å². The van der Waals surface area contributed by atoms with Crippen LogP contribution in [0.2, 0.25) is 19.6 Å². The highest BCUT2D eigenvalue weighted by Crippen LogP contribution is 2.22. The second kappa shape index (κ2) is 5.42. The van der Waals surface area contributed by atoms with E-state index in [1.54, 1.807) is 6.07 Å². The van der Waals surface area contributed by atoms with Gasteiger partial charge in [-0.1, -0.05) is 19.6 Å². The van der Waals surface area contributed by atoms with Crippen LogP contribution in [0.5, 0.6) is 0 Å². The maximum absolute atomic E-state index is 11.7. The van der Waals surface area contributed by atoms with Crippen LogP contribution >= 0.6 is 0 Å². The van der Waals surface area contributed by atoms with E-state index in [1.807, 2.05) is 12.1 Å². The van der Waals surface area contributed by atoms with Gasteiger partial charge in [0.05, 0.1) is 20.7 Å². The van der Waals surface area contributed by atoms with Gasteiger partial charge in [-0.2, -0.15) is 0 Å². The number of hydrogen-bond acceptors (Lipinski definition) is 3. The number of aromatic nitrogens is 1. The molecule has 0 bridgehead atoms. The Labute approximate surface area is 119 Å². The standard InChI is InChI=1S/C15H21NO3Si/c1-19-15(18)10-5-6-13-12(9-10)11(7-8-17)14(16-13)20(2,3)4/h5-6,9,16-17H,7-8H2,1-4H3. The highest BCUT2D eigenvalue weighted by molar-refractivity contribution is 6.88. The largest absolute Gasteiger partial charge is 0.465 e. The molecule has 2 rings (SSSR count). The first-order valence-electron chi connectivity index (χ1n) is 6.72. The lowest BCUT2D eigenvalue weighted by molar-refractivity contribution is 0.0601. The molecule has 0 atom stereocenters. The number of carbonyl (C=O) groups is 1. The minimum Gasteiger partial charge on any atom is -0.465 e. The monoisotopic (exact) mass is 291 g/mol. The smallest absolute Gasteiger partial charge is 0.337 e. The average Bonchev–Trinajstić information content (AvgIpc) is 2.76. The molecule has 2 aromatic rings. The van der Waals surface area contributed by atoms with Crippen molar-refractivity contribution in [2.45, 2.75) is 26.1 Å². The predicted octanol–water partition coefficient (Wildman–Crippen LogP) is 2.03. The molecule has 20 heavy (non-hydrogen) atoms. The lowest BCUT2D eigenvalue weighted by atomic mass is 10.1. The Balaban J connectivity index is 2.67. The Kier molecular flexibility index (Phi) is 4.01. The van der Waals surface area contributed by atoms with Crippen molar-refractivity contribution in [2.75, 3.05) is 13.7 Å². The first kappa shape index (κ1) is 14.8. The number of rotatable bonds is 4. The fraction of sp³-hybridized carbons (Fsp3) is 0.400. The van der Waals surface area contributed by atoms with Crippen molar-refractivity contribution in [3.05, 3.63) is 29.3 Å². The summed E-state index contributed by atoms with van der Waals surface area (Å²) in [6, 6.07) is 5.53. The number of carbonyl (C=O) groups excluding carboxylic acids is 1. The van der Waals surface area contributed by atoms with Crippen molar-refractivity contribution in [1.82, 2.24) is 4.98 Å². The lowest BCUT2D eigenvalue weighted by Gasteiger charge is -2.16. The van der Waals surface area contributed by atoms with Crippen molar-refractivity contribution < 1.29 is 14.6 Å². The Hall–Kier alpha value is -1.59. The molecule has 0 aliphatic rings. The van der Waals surface area contributed by atoms with Gasteiger partial charge in [0.2, 0.25) is 0 Å². The molecule has 0 unspecified atom stereocenters. The first-order valence-corrected chi connectivity index (χ1v) is 10.2. The van der Waals surface area contributed by atoms with Crippen LogP contribution in [-0.4, -0.2) is 37.9 Å². The molecular weight excluding hydrogens is 270 g/mol. The molecule has 5 heteroatoms. The molecule has 0 amide bonds. The van der Waals surface area contributed by atoms with Crippen LogP contribution in [-0.2, 0) is 11.2 Å². The summed E-state index contributed by atoms with van der Waals surface area (Å²) in [4.78, 5) is 15.1. The second-order valence-corrected chi connectivity index (χ2v) is 11.0. The van der Waals surface area contributed by atoms with Crippen LogP contribution < -0.4 is 5.32 Å². The Morgan fingerprint density at radius 1 is 1.35 bits per heavy atom. The van der Waals surface area contributed by atoms with E-state index in [0.29, 0.717) is 12.0 Å². The fourth-order valence-corrected chi connectivity index (χ4v) is 4.18. The summed E-state index contributed by atoms with van der Waals surface area (Å²) in [6.07, 6.45) is 0.601. The van der Waals surface area contributed by atoms with E-state index in [9.17, 15) is 9.90 Å². The van der Waals surface area contributed by atoms with Crippen LogP contribution in [0.1, 0.15) is 15.9 Å². The molecule has 0 saturated heterocycles. The van der Waals surface area contributed by atoms with Crippen LogP contribution in [0.4, 0.5) is 0 Å². The van der Waals surface area contributed by atoms with Gasteiger partial charge < -0.3 is 14.8 Å². The van der Waals surface area contributed by atoms with Crippen LogP contribution in [0.25, 0.3) is 10.9 Å². The molecular formula is C15H21NO3Si. The summed E-state index contributed by atoms with van der Waals surface area (Å²) < 4.78 is 4.77. The highest BCUT2D eigenvalue weighted by Gasteiger charge is 2.24. The molecule has 0 aliphatic carbocycles. The number of benzene rings is 1. The van der Waals surface area contributed by atoms with E-state index in [-0.39, 0.29) is 12.6 Å². The van der Waals surface area contributed by atoms with Gasteiger partial charge in [-0.05, 0) is 30.2 Å². The minimum absolute atomic E-state index is 0.104. The summed E-state index contributed by atoms with van der Waals surface area (Å²) in [5.74, 6) is -0.336. The topological polar surface area (TPSA) is 62.3 Å². The number of fused-ring (bicyclic) bond motifs is 1. The number of ether oxygens (including phenoxy) is 1. The maximum Gasteiger partial charge on any atom is 0.337 e. The number of esters is 1. The van der Waals surface area contributed by atoms with E-state index in [0.717, 1.165) is 16.5 Å². The lowest BCUT2D eigenvalue weighted by Crippen LogP contribution is -2.41. The van der Waals surface area contributed by atoms with E-state index in [2.05, 4.69) is 24.6 Å². The number of methoxy groups -OCH3 is 1. The third-order valence-electron chi connectivity index (χ3n) is 3.44. The summed E-state index contributed by atoms with van der Waals surface area (Å²) >= 11 is 0. The normalized spacial score (nSPS) is 11.8. The third kappa shape index (κ3) is 2.64. The summed E-state index contributed by atoms with van der Waals surface area (Å²) in [5, 5.41) is 11.6. The van der Waals surface area contributed by atoms with Crippen molar-refractivity contribution in [2.24, 2.45) is 0 Å². The summed E-state index contributed by atoms with van der Waals surface area (Å²) in [7, 11) is -0.153. The molecule has 108 valence electrons. The van der Waals surface area contributed by atoms with Gasteiger partial charge in [0.25, 0.3) is 0 Å². The van der Waals surface area contributed by atoms with Gasteiger partial charge in [-0.3, -0.25) is 0 Å². The molecule has 1 heterocycles. The van der Waals surface area contributed by atoms with Crippen LogP contribution in [0.3, 0.4) is 0 Å². The Morgan fingerprint density at radius 2 is 2.05 bits per heavy atom. The zero-order valence-corrected chi connectivity index (χ0v) is 13.4. The van der Waals surface area contributed by atoms with E-state index < -0.39 is 8.07 Å². The van der Waals surface area contributed by atoms with Crippen LogP contribution in [0, 0.1) is 0 Å². The molecule has 4 nitrogen and oxygen atoms in total. The van der Waals surface area contributed by atoms with Crippen molar-refractivity contribution in [3.8, 4) is 0 Å². The van der Waals surface area contributed by atoms with Gasteiger partial charge >= 0.3 is 5.97 Å². The number of H-pyrrole nitrogens is 1. The van der Waals surface area contributed by atoms with Crippen molar-refractivity contribution in [3.63, 3.8) is 0 Å². The highest BCUT2D eigenvalue weighted by atomic mass is 28.3. The van der Waals surface area contributed by atoms with Gasteiger partial charge in [0.1, 0.15) is 0 Å². The molecule has 0 fully saturated rings. The van der Waals surface area contributed by atoms with E-state index in [1.165, 1.54) is 12.4 Å². The van der Waals surface area contributed by atoms with Gasteiger partial charge in [0.15, 0.2) is 0 Å². The Bertz CT molecular complexity index is 640. The number of nitrogens with one attached hydrogen (secondary N) is 1. The molecule has 1 aromatic carbocycles. The number of aromatic amines is 1. The molecule has 0 aliphatic heterocycles. The fourth-order valence-electron chi connectivity index (χ4n) is 2.50. The zero-order valence-electron chi connectivity index (χ0n) is 12.4. The first-order chi connectivity index (χ1) is 9.38.